The normalized spacial score (nSPS) is 12.3. The van der Waals surface area contributed by atoms with Gasteiger partial charge in [0, 0.05) is 23.3 Å². The fraction of sp³-hybridized carbons (Fsp3) is 0.250. The number of aromatic nitrogens is 3. The second-order valence-corrected chi connectivity index (χ2v) is 7.95. The molecule has 1 atom stereocenters. The van der Waals surface area contributed by atoms with Gasteiger partial charge in [-0.25, -0.2) is 4.39 Å². The molecule has 1 unspecified atom stereocenters. The zero-order valence-corrected chi connectivity index (χ0v) is 17.0. The highest BCUT2D eigenvalue weighted by molar-refractivity contribution is 7.03. The monoisotopic (exact) mass is 413 g/mol. The van der Waals surface area contributed by atoms with E-state index in [1.165, 1.54) is 36.0 Å². The molecule has 0 aliphatic heterocycles. The van der Waals surface area contributed by atoms with Crippen LogP contribution in [0.1, 0.15) is 42.9 Å². The fourth-order valence-electron chi connectivity index (χ4n) is 2.80. The summed E-state index contributed by atoms with van der Waals surface area (Å²) in [4.78, 5) is 31.7. The van der Waals surface area contributed by atoms with Crippen molar-refractivity contribution < 1.29 is 14.0 Å². The molecule has 1 aromatic carbocycles. The maximum Gasteiger partial charge on any atom is 0.280 e. The molecule has 3 aromatic rings. The summed E-state index contributed by atoms with van der Waals surface area (Å²) in [6.07, 6.45) is 3.03. The Balaban J connectivity index is 2.18. The number of pyridine rings is 1. The predicted molar refractivity (Wildman–Crippen MR) is 108 cm³/mol. The van der Waals surface area contributed by atoms with Crippen molar-refractivity contribution >= 4 is 29.0 Å². The van der Waals surface area contributed by atoms with E-state index in [0.29, 0.717) is 5.56 Å². The summed E-state index contributed by atoms with van der Waals surface area (Å²) in [7, 11) is 0. The van der Waals surface area contributed by atoms with Crippen LogP contribution >= 0.6 is 11.5 Å². The fourth-order valence-corrected chi connectivity index (χ4v) is 3.23. The van der Waals surface area contributed by atoms with E-state index < -0.39 is 29.2 Å². The minimum absolute atomic E-state index is 0.0286. The smallest absolute Gasteiger partial charge is 0.280 e. The van der Waals surface area contributed by atoms with E-state index in [2.05, 4.69) is 19.9 Å². The van der Waals surface area contributed by atoms with Gasteiger partial charge in [0.25, 0.3) is 5.91 Å². The number of hydrogen-bond acceptors (Lipinski definition) is 6. The number of halogens is 1. The minimum atomic E-state index is -1.14. The van der Waals surface area contributed by atoms with Crippen LogP contribution < -0.4 is 10.2 Å². The van der Waals surface area contributed by atoms with E-state index in [0.717, 1.165) is 16.4 Å². The van der Waals surface area contributed by atoms with E-state index in [1.54, 1.807) is 18.2 Å². The molecule has 2 heterocycles. The van der Waals surface area contributed by atoms with Crippen molar-refractivity contribution in [3.05, 3.63) is 71.2 Å². The number of amides is 2. The van der Waals surface area contributed by atoms with Gasteiger partial charge in [-0.1, -0.05) is 16.6 Å². The molecule has 9 heteroatoms. The van der Waals surface area contributed by atoms with Crippen LogP contribution in [0.2, 0.25) is 0 Å². The first-order valence-corrected chi connectivity index (χ1v) is 9.68. The zero-order valence-electron chi connectivity index (χ0n) is 16.2. The highest BCUT2D eigenvalue weighted by Crippen LogP contribution is 2.31. The van der Waals surface area contributed by atoms with Gasteiger partial charge in [-0.05, 0) is 62.1 Å². The topological polar surface area (TPSA) is 88.1 Å². The molecule has 0 aliphatic carbocycles. The lowest BCUT2D eigenvalue weighted by molar-refractivity contribution is -0.123. The summed E-state index contributed by atoms with van der Waals surface area (Å²) in [5.41, 5.74) is -0.0760. The molecular weight excluding hydrogens is 393 g/mol. The number of rotatable bonds is 5. The van der Waals surface area contributed by atoms with E-state index in [-0.39, 0.29) is 11.4 Å². The third-order valence-electron chi connectivity index (χ3n) is 3.94. The Bertz CT molecular complexity index is 990. The van der Waals surface area contributed by atoms with Gasteiger partial charge in [-0.3, -0.25) is 19.5 Å². The van der Waals surface area contributed by atoms with Gasteiger partial charge in [0.1, 0.15) is 11.9 Å². The first-order valence-electron chi connectivity index (χ1n) is 8.85. The van der Waals surface area contributed by atoms with Gasteiger partial charge < -0.3 is 5.32 Å². The SMILES string of the molecule is CC(C)(C)NC(=O)C(c1ccncc1)N(C(=O)c1csnn1)c1ccccc1F. The average molecular weight is 413 g/mol. The van der Waals surface area contributed by atoms with Crippen molar-refractivity contribution in [1.82, 2.24) is 19.9 Å². The van der Waals surface area contributed by atoms with E-state index in [1.807, 2.05) is 20.8 Å². The summed E-state index contributed by atoms with van der Waals surface area (Å²) in [5.74, 6) is -1.72. The number of nitrogens with zero attached hydrogens (tertiary/aromatic N) is 4. The quantitative estimate of drug-likeness (QED) is 0.693. The molecule has 0 bridgehead atoms. The van der Waals surface area contributed by atoms with Crippen molar-refractivity contribution in [1.29, 1.82) is 0 Å². The molecule has 0 radical (unpaired) electrons. The summed E-state index contributed by atoms with van der Waals surface area (Å²) < 4.78 is 18.5. The number of benzene rings is 1. The molecule has 2 aromatic heterocycles. The molecule has 3 rings (SSSR count). The van der Waals surface area contributed by atoms with Crippen LogP contribution in [-0.2, 0) is 4.79 Å². The number of para-hydroxylation sites is 1. The number of carbonyl (C=O) groups is 2. The Kier molecular flexibility index (Phi) is 5.97. The van der Waals surface area contributed by atoms with Crippen LogP contribution in [-0.4, -0.2) is 31.9 Å². The Hall–Kier alpha value is -3.20. The van der Waals surface area contributed by atoms with Gasteiger partial charge in [0.2, 0.25) is 5.91 Å². The first kappa shape index (κ1) is 20.5. The van der Waals surface area contributed by atoms with E-state index >= 15 is 0 Å². The number of carbonyl (C=O) groups excluding carboxylic acids is 2. The molecule has 0 aliphatic rings. The summed E-state index contributed by atoms with van der Waals surface area (Å²) in [6.45, 7) is 5.48. The standard InChI is InChI=1S/C20H20FN5O2S/c1-20(2,3)23-18(27)17(13-8-10-22-11-9-13)26(16-7-5-4-6-14(16)21)19(28)15-12-29-25-24-15/h4-12,17H,1-3H3,(H,23,27). The third kappa shape index (κ3) is 4.80. The van der Waals surface area contributed by atoms with Gasteiger partial charge in [0.15, 0.2) is 5.69 Å². The maximum absolute atomic E-state index is 14.7. The van der Waals surface area contributed by atoms with Crippen molar-refractivity contribution in [2.24, 2.45) is 0 Å². The predicted octanol–water partition coefficient (Wildman–Crippen LogP) is 3.38. The lowest BCUT2D eigenvalue weighted by Gasteiger charge is -2.33. The molecule has 2 amide bonds. The largest absolute Gasteiger partial charge is 0.349 e. The maximum atomic E-state index is 14.7. The zero-order chi connectivity index (χ0) is 21.0. The van der Waals surface area contributed by atoms with Gasteiger partial charge in [0.05, 0.1) is 5.69 Å². The molecule has 29 heavy (non-hydrogen) atoms. The Morgan fingerprint density at radius 1 is 1.14 bits per heavy atom. The van der Waals surface area contributed by atoms with Crippen LogP contribution in [0, 0.1) is 5.82 Å². The Morgan fingerprint density at radius 3 is 2.41 bits per heavy atom. The van der Waals surface area contributed by atoms with Gasteiger partial charge in [-0.15, -0.1) is 5.10 Å². The van der Waals surface area contributed by atoms with Gasteiger partial charge >= 0.3 is 0 Å². The molecule has 0 spiro atoms. The second-order valence-electron chi connectivity index (χ2n) is 7.34. The second kappa shape index (κ2) is 8.44. The molecular formula is C20H20FN5O2S. The molecule has 0 saturated heterocycles. The molecule has 0 fully saturated rings. The number of anilines is 1. The summed E-state index contributed by atoms with van der Waals surface area (Å²) >= 11 is 0.998. The van der Waals surface area contributed by atoms with Crippen LogP contribution in [0.4, 0.5) is 10.1 Å². The highest BCUT2D eigenvalue weighted by Gasteiger charge is 2.36. The van der Waals surface area contributed by atoms with E-state index in [4.69, 9.17) is 0 Å². The van der Waals surface area contributed by atoms with Crippen LogP contribution in [0.5, 0.6) is 0 Å². The average Bonchev–Trinajstić information content (AvgIpc) is 3.20. The molecule has 1 N–H and O–H groups in total. The number of nitrogens with one attached hydrogen (secondary N) is 1. The summed E-state index contributed by atoms with van der Waals surface area (Å²) in [5, 5.41) is 8.15. The minimum Gasteiger partial charge on any atom is -0.349 e. The van der Waals surface area contributed by atoms with E-state index in [9.17, 15) is 14.0 Å². The first-order chi connectivity index (χ1) is 13.8. The molecule has 0 saturated carbocycles. The lowest BCUT2D eigenvalue weighted by Crippen LogP contribution is -2.49. The molecule has 7 nitrogen and oxygen atoms in total. The Morgan fingerprint density at radius 2 is 1.83 bits per heavy atom. The van der Waals surface area contributed by atoms with Crippen molar-refractivity contribution in [3.8, 4) is 0 Å². The van der Waals surface area contributed by atoms with Crippen molar-refractivity contribution in [2.45, 2.75) is 32.4 Å². The van der Waals surface area contributed by atoms with Gasteiger partial charge in [-0.2, -0.15) is 0 Å². The van der Waals surface area contributed by atoms with Crippen LogP contribution in [0.15, 0.2) is 54.2 Å². The highest BCUT2D eigenvalue weighted by atomic mass is 32.1. The van der Waals surface area contributed by atoms with Crippen molar-refractivity contribution in [3.63, 3.8) is 0 Å². The number of hydrogen-bond donors (Lipinski definition) is 1. The third-order valence-corrected chi connectivity index (χ3v) is 4.44. The van der Waals surface area contributed by atoms with Crippen LogP contribution in [0.3, 0.4) is 0 Å². The summed E-state index contributed by atoms with van der Waals surface area (Å²) in [6, 6.07) is 7.90. The Labute approximate surface area is 171 Å². The van der Waals surface area contributed by atoms with Crippen molar-refractivity contribution in [2.75, 3.05) is 4.90 Å². The lowest BCUT2D eigenvalue weighted by atomic mass is 10.0. The van der Waals surface area contributed by atoms with Crippen LogP contribution in [0.25, 0.3) is 0 Å². The molecule has 150 valence electrons.